The van der Waals surface area contributed by atoms with Crippen LogP contribution < -0.4 is 5.32 Å². The molecule has 0 spiro atoms. The fourth-order valence-electron chi connectivity index (χ4n) is 2.05. The minimum atomic E-state index is -0.918. The molecule has 0 bridgehead atoms. The highest BCUT2D eigenvalue weighted by Crippen LogP contribution is 2.18. The summed E-state index contributed by atoms with van der Waals surface area (Å²) in [5, 5.41) is 5.60. The molecule has 0 amide bonds. The normalized spacial score (nSPS) is 12.7. The molecule has 0 radical (unpaired) electrons. The summed E-state index contributed by atoms with van der Waals surface area (Å²) in [4.78, 5) is 0.917. The predicted octanol–water partition coefficient (Wildman–Crippen LogP) is 2.57. The largest absolute Gasteiger partial charge is 0.383 e. The monoisotopic (exact) mass is 291 g/mol. The van der Waals surface area contributed by atoms with E-state index in [0.29, 0.717) is 12.4 Å². The molecule has 2 aromatic rings. The molecule has 4 heteroatoms. The average molecular weight is 291 g/mol. The highest BCUT2D eigenvalue weighted by atomic mass is 32.2. The van der Waals surface area contributed by atoms with Gasteiger partial charge in [-0.2, -0.15) is 0 Å². The first kappa shape index (κ1) is 15.2. The first-order valence-corrected chi connectivity index (χ1v) is 8.20. The molecule has 0 aliphatic heterocycles. The zero-order chi connectivity index (χ0) is 14.2. The number of ether oxygens (including phenoxy) is 1. The van der Waals surface area contributed by atoms with E-state index in [1.54, 1.807) is 7.11 Å². The van der Waals surface area contributed by atoms with Crippen LogP contribution in [0.2, 0.25) is 0 Å². The highest BCUT2D eigenvalue weighted by Gasteiger charge is 2.04. The molecule has 1 unspecified atom stereocenters. The van der Waals surface area contributed by atoms with Gasteiger partial charge in [0.25, 0.3) is 0 Å². The Morgan fingerprint density at radius 1 is 1.10 bits per heavy atom. The number of benzene rings is 2. The van der Waals surface area contributed by atoms with Crippen LogP contribution in [0, 0.1) is 0 Å². The van der Waals surface area contributed by atoms with Crippen LogP contribution in [0.25, 0.3) is 10.8 Å². The third-order valence-corrected chi connectivity index (χ3v) is 4.59. The van der Waals surface area contributed by atoms with E-state index in [1.165, 1.54) is 5.39 Å². The Kier molecular flexibility index (Phi) is 6.18. The van der Waals surface area contributed by atoms with Crippen molar-refractivity contribution >= 4 is 21.6 Å². The zero-order valence-corrected chi connectivity index (χ0v) is 12.6. The minimum absolute atomic E-state index is 0.693. The Morgan fingerprint density at radius 2 is 1.90 bits per heavy atom. The van der Waals surface area contributed by atoms with E-state index in [2.05, 4.69) is 17.4 Å². The SMILES string of the molecule is COCCNCCCS(=O)c1ccc2ccccc2c1. The number of rotatable bonds is 8. The lowest BCUT2D eigenvalue weighted by atomic mass is 10.1. The lowest BCUT2D eigenvalue weighted by molar-refractivity contribution is 0.199. The molecule has 0 fully saturated rings. The maximum absolute atomic E-state index is 12.2. The summed E-state index contributed by atoms with van der Waals surface area (Å²) < 4.78 is 17.2. The van der Waals surface area contributed by atoms with Crippen molar-refractivity contribution in [3.05, 3.63) is 42.5 Å². The van der Waals surface area contributed by atoms with Crippen molar-refractivity contribution in [1.29, 1.82) is 0 Å². The number of methoxy groups -OCH3 is 1. The van der Waals surface area contributed by atoms with Gasteiger partial charge in [-0.15, -0.1) is 0 Å². The first-order chi connectivity index (χ1) is 9.81. The van der Waals surface area contributed by atoms with Crippen molar-refractivity contribution in [2.75, 3.05) is 32.6 Å². The molecule has 1 N–H and O–H groups in total. The Morgan fingerprint density at radius 3 is 2.70 bits per heavy atom. The fourth-order valence-corrected chi connectivity index (χ4v) is 3.17. The number of hydrogen-bond acceptors (Lipinski definition) is 3. The summed E-state index contributed by atoms with van der Waals surface area (Å²) >= 11 is 0. The molecule has 0 saturated carbocycles. The van der Waals surface area contributed by atoms with Crippen molar-refractivity contribution < 1.29 is 8.95 Å². The van der Waals surface area contributed by atoms with Crippen molar-refractivity contribution in [3.8, 4) is 0 Å². The van der Waals surface area contributed by atoms with Gasteiger partial charge in [0, 0.05) is 24.3 Å². The van der Waals surface area contributed by atoms with Crippen molar-refractivity contribution in [2.24, 2.45) is 0 Å². The van der Waals surface area contributed by atoms with Crippen molar-refractivity contribution in [3.63, 3.8) is 0 Å². The second-order valence-electron chi connectivity index (χ2n) is 4.65. The second kappa shape index (κ2) is 8.15. The molecule has 0 aromatic heterocycles. The lowest BCUT2D eigenvalue weighted by Gasteiger charge is -2.06. The topological polar surface area (TPSA) is 38.3 Å². The van der Waals surface area contributed by atoms with E-state index in [9.17, 15) is 4.21 Å². The van der Waals surface area contributed by atoms with Gasteiger partial charge >= 0.3 is 0 Å². The smallest absolute Gasteiger partial charge is 0.0587 e. The molecule has 108 valence electrons. The second-order valence-corrected chi connectivity index (χ2v) is 6.23. The third kappa shape index (κ3) is 4.40. The summed E-state index contributed by atoms with van der Waals surface area (Å²) in [6.07, 6.45) is 0.906. The summed E-state index contributed by atoms with van der Waals surface area (Å²) in [5.41, 5.74) is 0. The number of nitrogens with one attached hydrogen (secondary N) is 1. The van der Waals surface area contributed by atoms with E-state index in [4.69, 9.17) is 4.74 Å². The Balaban J connectivity index is 1.84. The average Bonchev–Trinajstić information content (AvgIpc) is 2.50. The molecule has 20 heavy (non-hydrogen) atoms. The van der Waals surface area contributed by atoms with Crippen LogP contribution in [0.1, 0.15) is 6.42 Å². The minimum Gasteiger partial charge on any atom is -0.383 e. The molecule has 0 heterocycles. The van der Waals surface area contributed by atoms with Gasteiger partial charge < -0.3 is 10.1 Å². The molecule has 0 saturated heterocycles. The predicted molar refractivity (Wildman–Crippen MR) is 84.6 cm³/mol. The third-order valence-electron chi connectivity index (χ3n) is 3.15. The Hall–Kier alpha value is -1.23. The summed E-state index contributed by atoms with van der Waals surface area (Å²) in [5.74, 6) is 0.693. The van der Waals surface area contributed by atoms with E-state index >= 15 is 0 Å². The summed E-state index contributed by atoms with van der Waals surface area (Å²) in [6, 6.07) is 14.2. The zero-order valence-electron chi connectivity index (χ0n) is 11.8. The van der Waals surface area contributed by atoms with Gasteiger partial charge in [-0.25, -0.2) is 0 Å². The lowest BCUT2D eigenvalue weighted by Crippen LogP contribution is -2.21. The number of fused-ring (bicyclic) bond motifs is 1. The molecule has 2 aromatic carbocycles. The summed E-state index contributed by atoms with van der Waals surface area (Å²) in [7, 11) is 0.773. The molecule has 2 rings (SSSR count). The van der Waals surface area contributed by atoms with E-state index in [0.717, 1.165) is 29.8 Å². The molecule has 0 aliphatic carbocycles. The highest BCUT2D eigenvalue weighted by molar-refractivity contribution is 7.85. The summed E-state index contributed by atoms with van der Waals surface area (Å²) in [6.45, 7) is 2.44. The van der Waals surface area contributed by atoms with E-state index in [-0.39, 0.29) is 0 Å². The number of hydrogen-bond donors (Lipinski definition) is 1. The van der Waals surface area contributed by atoms with Crippen LogP contribution in [-0.2, 0) is 15.5 Å². The van der Waals surface area contributed by atoms with Crippen LogP contribution in [0.3, 0.4) is 0 Å². The quantitative estimate of drug-likeness (QED) is 0.760. The van der Waals surface area contributed by atoms with Gasteiger partial charge in [0.2, 0.25) is 0 Å². The van der Waals surface area contributed by atoms with Crippen LogP contribution >= 0.6 is 0 Å². The van der Waals surface area contributed by atoms with Crippen LogP contribution in [0.4, 0.5) is 0 Å². The first-order valence-electron chi connectivity index (χ1n) is 6.88. The van der Waals surface area contributed by atoms with Gasteiger partial charge in [-0.1, -0.05) is 30.3 Å². The molecular formula is C16H21NO2S. The van der Waals surface area contributed by atoms with Gasteiger partial charge in [-0.3, -0.25) is 4.21 Å². The maximum atomic E-state index is 12.2. The van der Waals surface area contributed by atoms with Gasteiger partial charge in [0.1, 0.15) is 0 Å². The maximum Gasteiger partial charge on any atom is 0.0587 e. The van der Waals surface area contributed by atoms with Crippen LogP contribution in [0.5, 0.6) is 0 Å². The van der Waals surface area contributed by atoms with Crippen molar-refractivity contribution in [2.45, 2.75) is 11.3 Å². The molecular weight excluding hydrogens is 270 g/mol. The Bertz CT molecular complexity index is 571. The van der Waals surface area contributed by atoms with Crippen LogP contribution in [0.15, 0.2) is 47.4 Å². The molecule has 3 nitrogen and oxygen atoms in total. The van der Waals surface area contributed by atoms with Gasteiger partial charge in [-0.05, 0) is 35.9 Å². The van der Waals surface area contributed by atoms with Crippen molar-refractivity contribution in [1.82, 2.24) is 5.32 Å². The standard InChI is InChI=1S/C16H21NO2S/c1-19-11-10-17-9-4-12-20(18)16-8-7-14-5-2-3-6-15(14)13-16/h2-3,5-8,13,17H,4,9-12H2,1H3. The van der Waals surface area contributed by atoms with E-state index in [1.807, 2.05) is 30.3 Å². The van der Waals surface area contributed by atoms with E-state index < -0.39 is 10.8 Å². The van der Waals surface area contributed by atoms with Gasteiger partial charge in [0.05, 0.1) is 17.4 Å². The van der Waals surface area contributed by atoms with Gasteiger partial charge in [0.15, 0.2) is 0 Å². The molecule has 0 aliphatic rings. The fraction of sp³-hybridized carbons (Fsp3) is 0.375. The Labute approximate surface area is 122 Å². The molecule has 1 atom stereocenters. The van der Waals surface area contributed by atoms with Crippen LogP contribution in [-0.4, -0.2) is 36.8 Å².